The highest BCUT2D eigenvalue weighted by molar-refractivity contribution is 5.70. The third kappa shape index (κ3) is 1.91. The van der Waals surface area contributed by atoms with Crippen molar-refractivity contribution in [3.05, 3.63) is 0 Å². The summed E-state index contributed by atoms with van der Waals surface area (Å²) in [7, 11) is 1.55. The van der Waals surface area contributed by atoms with Gasteiger partial charge >= 0.3 is 5.97 Å². The monoisotopic (exact) mass is 159 g/mol. The molecule has 0 aromatic heterocycles. The average molecular weight is 159 g/mol. The lowest BCUT2D eigenvalue weighted by Gasteiger charge is -2.27. The lowest BCUT2D eigenvalue weighted by Crippen LogP contribution is -2.44. The van der Waals surface area contributed by atoms with Crippen molar-refractivity contribution >= 4 is 5.97 Å². The molecule has 1 aliphatic rings. The minimum atomic E-state index is -0.752. The number of nitrogens with one attached hydrogen (secondary N) is 1. The topological polar surface area (TPSA) is 58.6 Å². The van der Waals surface area contributed by atoms with Crippen LogP contribution in [-0.4, -0.2) is 37.4 Å². The molecule has 0 spiro atoms. The lowest BCUT2D eigenvalue weighted by atomic mass is 9.95. The molecule has 0 radical (unpaired) electrons. The van der Waals surface area contributed by atoms with Crippen LogP contribution in [0.5, 0.6) is 0 Å². The van der Waals surface area contributed by atoms with E-state index in [0.29, 0.717) is 13.0 Å². The van der Waals surface area contributed by atoms with Crippen LogP contribution in [0.15, 0.2) is 0 Å². The van der Waals surface area contributed by atoms with Gasteiger partial charge in [0.1, 0.15) is 0 Å². The van der Waals surface area contributed by atoms with Crippen molar-refractivity contribution in [1.82, 2.24) is 5.32 Å². The van der Waals surface area contributed by atoms with Gasteiger partial charge in [-0.1, -0.05) is 0 Å². The number of aliphatic carboxylic acids is 1. The molecule has 0 aromatic rings. The zero-order valence-electron chi connectivity index (χ0n) is 6.54. The first-order valence-electron chi connectivity index (χ1n) is 3.72. The Labute approximate surface area is 65.5 Å². The fourth-order valence-corrected chi connectivity index (χ4v) is 1.36. The first-order chi connectivity index (χ1) is 5.25. The number of piperidine rings is 1. The molecule has 0 bridgehead atoms. The van der Waals surface area contributed by atoms with E-state index < -0.39 is 5.97 Å². The number of carbonyl (C=O) groups is 1. The van der Waals surface area contributed by atoms with Gasteiger partial charge in [-0.25, -0.2) is 0 Å². The Balaban J connectivity index is 2.51. The molecule has 0 aliphatic carbocycles. The van der Waals surface area contributed by atoms with E-state index in [1.165, 1.54) is 0 Å². The summed E-state index contributed by atoms with van der Waals surface area (Å²) in [5, 5.41) is 11.8. The molecular formula is C7H13NO3. The van der Waals surface area contributed by atoms with Crippen molar-refractivity contribution in [2.45, 2.75) is 12.5 Å². The summed E-state index contributed by atoms with van der Waals surface area (Å²) in [6.45, 7) is 1.42. The summed E-state index contributed by atoms with van der Waals surface area (Å²) < 4.78 is 5.02. The van der Waals surface area contributed by atoms with Gasteiger partial charge in [0.2, 0.25) is 0 Å². The van der Waals surface area contributed by atoms with Crippen LogP contribution in [0.1, 0.15) is 6.42 Å². The normalized spacial score (nSPS) is 31.7. The predicted molar refractivity (Wildman–Crippen MR) is 39.4 cm³/mol. The van der Waals surface area contributed by atoms with E-state index in [2.05, 4.69) is 5.32 Å². The van der Waals surface area contributed by atoms with Crippen molar-refractivity contribution in [1.29, 1.82) is 0 Å². The Kier molecular flexibility index (Phi) is 2.84. The van der Waals surface area contributed by atoms with Gasteiger partial charge in [0, 0.05) is 13.7 Å². The van der Waals surface area contributed by atoms with E-state index in [4.69, 9.17) is 9.84 Å². The zero-order valence-corrected chi connectivity index (χ0v) is 6.54. The molecule has 2 N–H and O–H groups in total. The molecule has 0 amide bonds. The molecule has 11 heavy (non-hydrogen) atoms. The molecule has 2 unspecified atom stereocenters. The van der Waals surface area contributed by atoms with Crippen LogP contribution in [0.4, 0.5) is 0 Å². The lowest BCUT2D eigenvalue weighted by molar-refractivity contribution is -0.147. The minimum absolute atomic E-state index is 0.166. The SMILES string of the molecule is COC1CNCCC1C(=O)O. The Morgan fingerprint density at radius 1 is 1.73 bits per heavy atom. The number of carboxylic acids is 1. The third-order valence-electron chi connectivity index (χ3n) is 2.05. The summed E-state index contributed by atoms with van der Waals surface area (Å²) >= 11 is 0. The summed E-state index contributed by atoms with van der Waals surface area (Å²) in [5.41, 5.74) is 0. The van der Waals surface area contributed by atoms with Crippen LogP contribution >= 0.6 is 0 Å². The van der Waals surface area contributed by atoms with Gasteiger partial charge in [-0.2, -0.15) is 0 Å². The molecule has 1 aliphatic heterocycles. The van der Waals surface area contributed by atoms with E-state index in [1.54, 1.807) is 7.11 Å². The molecule has 4 heteroatoms. The molecule has 2 atom stereocenters. The van der Waals surface area contributed by atoms with Gasteiger partial charge in [0.25, 0.3) is 0 Å². The average Bonchev–Trinajstić information content (AvgIpc) is 2.04. The van der Waals surface area contributed by atoms with Gasteiger partial charge in [-0.05, 0) is 13.0 Å². The fourth-order valence-electron chi connectivity index (χ4n) is 1.36. The molecule has 1 rings (SSSR count). The van der Waals surface area contributed by atoms with Gasteiger partial charge < -0.3 is 15.2 Å². The van der Waals surface area contributed by atoms with Crippen molar-refractivity contribution in [2.75, 3.05) is 20.2 Å². The number of methoxy groups -OCH3 is 1. The van der Waals surface area contributed by atoms with Crippen LogP contribution in [0, 0.1) is 5.92 Å². The smallest absolute Gasteiger partial charge is 0.309 e. The standard InChI is InChI=1S/C7H13NO3/c1-11-6-4-8-3-2-5(6)7(9)10/h5-6,8H,2-4H2,1H3,(H,9,10). The number of carboxylic acid groups (broad SMARTS) is 1. The predicted octanol–water partition coefficient (Wildman–Crippen LogP) is -0.305. The van der Waals surface area contributed by atoms with Crippen LogP contribution in [-0.2, 0) is 9.53 Å². The first-order valence-corrected chi connectivity index (χ1v) is 3.72. The van der Waals surface area contributed by atoms with E-state index in [0.717, 1.165) is 6.54 Å². The highest BCUT2D eigenvalue weighted by Gasteiger charge is 2.30. The van der Waals surface area contributed by atoms with Gasteiger partial charge in [-0.3, -0.25) is 4.79 Å². The highest BCUT2D eigenvalue weighted by Crippen LogP contribution is 2.14. The van der Waals surface area contributed by atoms with Crippen molar-refractivity contribution in [3.63, 3.8) is 0 Å². The summed E-state index contributed by atoms with van der Waals surface area (Å²) in [5.74, 6) is -1.08. The van der Waals surface area contributed by atoms with E-state index in [9.17, 15) is 4.79 Å². The van der Waals surface area contributed by atoms with Gasteiger partial charge in [0.05, 0.1) is 12.0 Å². The summed E-state index contributed by atoms with van der Waals surface area (Å²) in [6.07, 6.45) is 0.495. The Hall–Kier alpha value is -0.610. The van der Waals surface area contributed by atoms with Crippen LogP contribution in [0.3, 0.4) is 0 Å². The maximum atomic E-state index is 10.6. The van der Waals surface area contributed by atoms with Gasteiger partial charge in [-0.15, -0.1) is 0 Å². The Bertz CT molecular complexity index is 149. The molecule has 64 valence electrons. The Morgan fingerprint density at radius 2 is 2.45 bits per heavy atom. The highest BCUT2D eigenvalue weighted by atomic mass is 16.5. The molecule has 1 saturated heterocycles. The van der Waals surface area contributed by atoms with Crippen molar-refractivity contribution in [3.8, 4) is 0 Å². The number of hydrogen-bond acceptors (Lipinski definition) is 3. The first kappa shape index (κ1) is 8.49. The Morgan fingerprint density at radius 3 is 2.91 bits per heavy atom. The van der Waals surface area contributed by atoms with Crippen LogP contribution in [0.25, 0.3) is 0 Å². The second kappa shape index (κ2) is 3.69. The molecule has 0 saturated carbocycles. The number of ether oxygens (including phenoxy) is 1. The maximum absolute atomic E-state index is 10.6. The quantitative estimate of drug-likeness (QED) is 0.580. The summed E-state index contributed by atoms with van der Waals surface area (Å²) in [4.78, 5) is 10.6. The molecule has 1 fully saturated rings. The zero-order chi connectivity index (χ0) is 8.27. The molecule has 1 heterocycles. The van der Waals surface area contributed by atoms with Crippen molar-refractivity contribution in [2.24, 2.45) is 5.92 Å². The maximum Gasteiger partial charge on any atom is 0.309 e. The number of hydrogen-bond donors (Lipinski definition) is 2. The van der Waals surface area contributed by atoms with E-state index in [-0.39, 0.29) is 12.0 Å². The fraction of sp³-hybridized carbons (Fsp3) is 0.857. The van der Waals surface area contributed by atoms with Crippen LogP contribution < -0.4 is 5.32 Å². The largest absolute Gasteiger partial charge is 0.481 e. The minimum Gasteiger partial charge on any atom is -0.481 e. The van der Waals surface area contributed by atoms with E-state index in [1.807, 2.05) is 0 Å². The third-order valence-corrected chi connectivity index (χ3v) is 2.05. The second-order valence-electron chi connectivity index (χ2n) is 2.71. The van der Waals surface area contributed by atoms with E-state index >= 15 is 0 Å². The number of rotatable bonds is 2. The van der Waals surface area contributed by atoms with Crippen LogP contribution in [0.2, 0.25) is 0 Å². The van der Waals surface area contributed by atoms with Crippen molar-refractivity contribution < 1.29 is 14.6 Å². The molecule has 4 nitrogen and oxygen atoms in total. The molecule has 0 aromatic carbocycles. The molecular weight excluding hydrogens is 146 g/mol. The second-order valence-corrected chi connectivity index (χ2v) is 2.71. The summed E-state index contributed by atoms with van der Waals surface area (Å²) in [6, 6.07) is 0. The van der Waals surface area contributed by atoms with Gasteiger partial charge in [0.15, 0.2) is 0 Å².